The van der Waals surface area contributed by atoms with Crippen molar-refractivity contribution in [3.8, 4) is 11.3 Å². The van der Waals surface area contributed by atoms with Crippen molar-refractivity contribution in [2.45, 2.75) is 11.4 Å². The SMILES string of the molecule is CN(c1ccccc1)S(=O)(=O)c1cccc(NCc2cc(-c3ccccc3)no2)c1. The van der Waals surface area contributed by atoms with E-state index in [0.29, 0.717) is 23.7 Å². The molecule has 0 spiro atoms. The Balaban J connectivity index is 1.48. The summed E-state index contributed by atoms with van der Waals surface area (Å²) >= 11 is 0. The van der Waals surface area contributed by atoms with Gasteiger partial charge >= 0.3 is 0 Å². The molecule has 0 aliphatic rings. The smallest absolute Gasteiger partial charge is 0.264 e. The van der Waals surface area contributed by atoms with E-state index >= 15 is 0 Å². The van der Waals surface area contributed by atoms with E-state index in [1.54, 1.807) is 49.5 Å². The highest BCUT2D eigenvalue weighted by molar-refractivity contribution is 7.92. The van der Waals surface area contributed by atoms with Crippen LogP contribution < -0.4 is 9.62 Å². The number of para-hydroxylation sites is 1. The molecular weight excluding hydrogens is 398 g/mol. The minimum Gasteiger partial charge on any atom is -0.378 e. The molecule has 0 saturated carbocycles. The summed E-state index contributed by atoms with van der Waals surface area (Å²) in [7, 11) is -2.13. The summed E-state index contributed by atoms with van der Waals surface area (Å²) in [5.74, 6) is 0.656. The summed E-state index contributed by atoms with van der Waals surface area (Å²) in [6, 6.07) is 27.3. The largest absolute Gasteiger partial charge is 0.378 e. The van der Waals surface area contributed by atoms with Gasteiger partial charge in [0.25, 0.3) is 10.0 Å². The third-order valence-corrected chi connectivity index (χ3v) is 6.49. The molecule has 7 heteroatoms. The number of hydrogen-bond acceptors (Lipinski definition) is 5. The highest BCUT2D eigenvalue weighted by Crippen LogP contribution is 2.24. The fourth-order valence-electron chi connectivity index (χ4n) is 3.03. The molecule has 4 rings (SSSR count). The van der Waals surface area contributed by atoms with Crippen LogP contribution in [-0.4, -0.2) is 20.6 Å². The number of sulfonamides is 1. The predicted molar refractivity (Wildman–Crippen MR) is 118 cm³/mol. The van der Waals surface area contributed by atoms with Crippen molar-refractivity contribution in [3.63, 3.8) is 0 Å². The first-order valence-electron chi connectivity index (χ1n) is 9.43. The maximum atomic E-state index is 13.0. The molecule has 6 nitrogen and oxygen atoms in total. The van der Waals surface area contributed by atoms with Crippen LogP contribution in [0, 0.1) is 0 Å². The summed E-state index contributed by atoms with van der Waals surface area (Å²) in [4.78, 5) is 0.210. The van der Waals surface area contributed by atoms with E-state index in [0.717, 1.165) is 11.3 Å². The van der Waals surface area contributed by atoms with Crippen LogP contribution >= 0.6 is 0 Å². The number of benzene rings is 3. The lowest BCUT2D eigenvalue weighted by molar-refractivity contribution is 0.390. The second-order valence-corrected chi connectivity index (χ2v) is 8.70. The number of hydrogen-bond donors (Lipinski definition) is 1. The molecule has 3 aromatic carbocycles. The monoisotopic (exact) mass is 419 g/mol. The van der Waals surface area contributed by atoms with Crippen molar-refractivity contribution in [2.24, 2.45) is 0 Å². The van der Waals surface area contributed by atoms with Gasteiger partial charge in [0, 0.05) is 24.4 Å². The van der Waals surface area contributed by atoms with Gasteiger partial charge in [0.2, 0.25) is 0 Å². The number of aromatic nitrogens is 1. The number of nitrogens with zero attached hydrogens (tertiary/aromatic N) is 2. The Bertz CT molecular complexity index is 1220. The summed E-state index contributed by atoms with van der Waals surface area (Å²) in [6.45, 7) is 0.387. The maximum Gasteiger partial charge on any atom is 0.264 e. The number of rotatable bonds is 7. The van der Waals surface area contributed by atoms with Crippen LogP contribution in [0.4, 0.5) is 11.4 Å². The van der Waals surface area contributed by atoms with Gasteiger partial charge in [-0.3, -0.25) is 4.31 Å². The van der Waals surface area contributed by atoms with Gasteiger partial charge in [0.1, 0.15) is 5.69 Å². The quantitative estimate of drug-likeness (QED) is 0.467. The van der Waals surface area contributed by atoms with Crippen LogP contribution in [0.2, 0.25) is 0 Å². The average molecular weight is 420 g/mol. The van der Waals surface area contributed by atoms with E-state index in [4.69, 9.17) is 4.52 Å². The first-order chi connectivity index (χ1) is 14.5. The van der Waals surface area contributed by atoms with Crippen LogP contribution in [0.5, 0.6) is 0 Å². The molecule has 4 aromatic rings. The lowest BCUT2D eigenvalue weighted by atomic mass is 10.1. The normalized spacial score (nSPS) is 11.2. The number of anilines is 2. The second kappa shape index (κ2) is 8.42. The zero-order valence-corrected chi connectivity index (χ0v) is 17.2. The Morgan fingerprint density at radius 1 is 0.900 bits per heavy atom. The van der Waals surface area contributed by atoms with Gasteiger partial charge in [-0.2, -0.15) is 0 Å². The van der Waals surface area contributed by atoms with Crippen LogP contribution in [0.3, 0.4) is 0 Å². The molecule has 0 aliphatic carbocycles. The Morgan fingerprint density at radius 2 is 1.60 bits per heavy atom. The van der Waals surface area contributed by atoms with Crippen molar-refractivity contribution >= 4 is 21.4 Å². The molecule has 30 heavy (non-hydrogen) atoms. The molecule has 0 radical (unpaired) electrons. The summed E-state index contributed by atoms with van der Waals surface area (Å²) in [6.07, 6.45) is 0. The lowest BCUT2D eigenvalue weighted by Gasteiger charge is -2.20. The van der Waals surface area contributed by atoms with Crippen molar-refractivity contribution in [2.75, 3.05) is 16.7 Å². The molecule has 0 atom stereocenters. The van der Waals surface area contributed by atoms with Crippen molar-refractivity contribution in [1.82, 2.24) is 5.16 Å². The van der Waals surface area contributed by atoms with Gasteiger partial charge in [0.15, 0.2) is 5.76 Å². The Kier molecular flexibility index (Phi) is 5.54. The zero-order chi connectivity index (χ0) is 21.0. The van der Waals surface area contributed by atoms with Gasteiger partial charge in [-0.05, 0) is 30.3 Å². The summed E-state index contributed by atoms with van der Waals surface area (Å²) < 4.78 is 32.6. The van der Waals surface area contributed by atoms with Crippen LogP contribution in [0.25, 0.3) is 11.3 Å². The van der Waals surface area contributed by atoms with E-state index in [-0.39, 0.29) is 4.90 Å². The first-order valence-corrected chi connectivity index (χ1v) is 10.9. The molecule has 0 saturated heterocycles. The van der Waals surface area contributed by atoms with Crippen LogP contribution in [0.15, 0.2) is 100 Å². The van der Waals surface area contributed by atoms with Gasteiger partial charge < -0.3 is 9.84 Å². The van der Waals surface area contributed by atoms with Crippen molar-refractivity contribution in [3.05, 3.63) is 96.8 Å². The molecule has 0 fully saturated rings. The van der Waals surface area contributed by atoms with Crippen LogP contribution in [-0.2, 0) is 16.6 Å². The van der Waals surface area contributed by atoms with Crippen LogP contribution in [0.1, 0.15) is 5.76 Å². The molecule has 0 amide bonds. The van der Waals surface area contributed by atoms with E-state index in [1.165, 1.54) is 4.31 Å². The van der Waals surface area contributed by atoms with Crippen molar-refractivity contribution in [1.29, 1.82) is 0 Å². The van der Waals surface area contributed by atoms with E-state index in [9.17, 15) is 8.42 Å². The number of nitrogens with one attached hydrogen (secondary N) is 1. The van der Waals surface area contributed by atoms with Crippen molar-refractivity contribution < 1.29 is 12.9 Å². The summed E-state index contributed by atoms with van der Waals surface area (Å²) in [5.41, 5.74) is 3.01. The second-order valence-electron chi connectivity index (χ2n) is 6.73. The molecule has 0 unspecified atom stereocenters. The third-order valence-electron chi connectivity index (χ3n) is 4.71. The van der Waals surface area contributed by atoms with Gasteiger partial charge in [-0.15, -0.1) is 0 Å². The van der Waals surface area contributed by atoms with E-state index in [1.807, 2.05) is 48.5 Å². The topological polar surface area (TPSA) is 75.4 Å². The zero-order valence-electron chi connectivity index (χ0n) is 16.4. The predicted octanol–water partition coefficient (Wildman–Crippen LogP) is 4.78. The maximum absolute atomic E-state index is 13.0. The molecule has 0 bridgehead atoms. The van der Waals surface area contributed by atoms with Gasteiger partial charge in [-0.1, -0.05) is 59.8 Å². The standard InChI is InChI=1S/C23H21N3O3S/c1-26(20-12-6-3-7-13-20)30(27,28)22-14-8-11-19(15-22)24-17-21-16-23(25-29-21)18-9-4-2-5-10-18/h2-16,24H,17H2,1H3. The molecule has 1 heterocycles. The van der Waals surface area contributed by atoms with Gasteiger partial charge in [-0.25, -0.2) is 8.42 Å². The lowest BCUT2D eigenvalue weighted by Crippen LogP contribution is -2.26. The minimum absolute atomic E-state index is 0.210. The van der Waals surface area contributed by atoms with E-state index in [2.05, 4.69) is 10.5 Å². The Hall–Kier alpha value is -3.58. The van der Waals surface area contributed by atoms with E-state index < -0.39 is 10.0 Å². The summed E-state index contributed by atoms with van der Waals surface area (Å²) in [5, 5.41) is 7.29. The third kappa shape index (κ3) is 4.21. The minimum atomic E-state index is -3.67. The van der Waals surface area contributed by atoms with Gasteiger partial charge in [0.05, 0.1) is 17.1 Å². The molecule has 152 valence electrons. The Labute approximate surface area is 175 Å². The fraction of sp³-hybridized carbons (Fsp3) is 0.0870. The Morgan fingerprint density at radius 3 is 2.33 bits per heavy atom. The highest BCUT2D eigenvalue weighted by Gasteiger charge is 2.21. The fourth-order valence-corrected chi connectivity index (χ4v) is 4.27. The molecular formula is C23H21N3O3S. The molecule has 0 aliphatic heterocycles. The highest BCUT2D eigenvalue weighted by atomic mass is 32.2. The average Bonchev–Trinajstić information content (AvgIpc) is 3.28. The molecule has 1 aromatic heterocycles. The molecule has 1 N–H and O–H groups in total. The first kappa shape index (κ1) is 19.7.